The Balaban J connectivity index is 1.70. The van der Waals surface area contributed by atoms with Crippen LogP contribution in [0, 0.1) is 0 Å². The fraction of sp³-hybridized carbons (Fsp3) is 0.179. The molecule has 2 heterocycles. The van der Waals surface area contributed by atoms with Crippen molar-refractivity contribution in [3.8, 4) is 22.6 Å². The van der Waals surface area contributed by atoms with E-state index >= 15 is 0 Å². The molecule has 1 atom stereocenters. The number of aromatic amines is 1. The third-order valence-electron chi connectivity index (χ3n) is 6.35. The number of hydrogen-bond donors (Lipinski definition) is 1. The summed E-state index contributed by atoms with van der Waals surface area (Å²) in [5.74, 6) is 0.908. The van der Waals surface area contributed by atoms with Crippen molar-refractivity contribution in [3.05, 3.63) is 93.2 Å². The molecule has 1 aliphatic rings. The van der Waals surface area contributed by atoms with Crippen molar-refractivity contribution in [2.75, 3.05) is 14.2 Å². The maximum absolute atomic E-state index is 13.5. The summed E-state index contributed by atoms with van der Waals surface area (Å²) < 4.78 is 10.8. The van der Waals surface area contributed by atoms with Crippen LogP contribution in [-0.4, -0.2) is 35.8 Å². The van der Waals surface area contributed by atoms with Crippen molar-refractivity contribution in [1.82, 2.24) is 9.99 Å². The summed E-state index contributed by atoms with van der Waals surface area (Å²) in [4.78, 5) is 29.1. The zero-order chi connectivity index (χ0) is 25.4. The van der Waals surface area contributed by atoms with Gasteiger partial charge in [-0.15, -0.1) is 0 Å². The number of pyridine rings is 1. The summed E-state index contributed by atoms with van der Waals surface area (Å²) in [6.07, 6.45) is 0.351. The molecule has 5 rings (SSSR count). The van der Waals surface area contributed by atoms with Gasteiger partial charge in [-0.3, -0.25) is 9.59 Å². The number of aromatic nitrogens is 1. The smallest absolute Gasteiger partial charge is 0.258 e. The van der Waals surface area contributed by atoms with E-state index in [0.29, 0.717) is 39.7 Å². The molecule has 7 nitrogen and oxygen atoms in total. The number of halogens is 1. The molecule has 182 valence electrons. The highest BCUT2D eigenvalue weighted by Crippen LogP contribution is 2.39. The van der Waals surface area contributed by atoms with Gasteiger partial charge in [0.15, 0.2) is 11.5 Å². The molecule has 3 aromatic carbocycles. The van der Waals surface area contributed by atoms with Gasteiger partial charge in [0.1, 0.15) is 0 Å². The van der Waals surface area contributed by atoms with E-state index in [2.05, 4.69) is 10.1 Å². The SMILES string of the molecule is COc1ccc(C2CC(c3c(-c4ccccc4)c4cc(Cl)ccc4[nH]c3=O)=NN2C(C)=O)cc1OC. The van der Waals surface area contributed by atoms with Crippen LogP contribution < -0.4 is 15.0 Å². The van der Waals surface area contributed by atoms with Gasteiger partial charge < -0.3 is 14.5 Å². The quantitative estimate of drug-likeness (QED) is 0.388. The molecule has 1 amide bonds. The Morgan fingerprint density at radius 2 is 1.75 bits per heavy atom. The van der Waals surface area contributed by atoms with E-state index in [1.165, 1.54) is 11.9 Å². The standard InChI is InChI=1S/C28H24ClN3O4/c1-16(33)32-23(18-9-12-24(35-2)25(13-18)36-3)15-22(31-32)27-26(17-7-5-4-6-8-17)20-14-19(29)10-11-21(20)30-28(27)34/h4-14,23H,15H2,1-3H3,(H,30,34). The van der Waals surface area contributed by atoms with Gasteiger partial charge in [0, 0.05) is 34.8 Å². The number of hydrogen-bond acceptors (Lipinski definition) is 5. The highest BCUT2D eigenvalue weighted by molar-refractivity contribution is 6.31. The first-order chi connectivity index (χ1) is 17.4. The number of rotatable bonds is 5. The van der Waals surface area contributed by atoms with Crippen molar-refractivity contribution in [1.29, 1.82) is 0 Å². The van der Waals surface area contributed by atoms with Gasteiger partial charge in [-0.25, -0.2) is 5.01 Å². The molecular weight excluding hydrogens is 478 g/mol. The van der Waals surface area contributed by atoms with Crippen LogP contribution in [0.5, 0.6) is 11.5 Å². The van der Waals surface area contributed by atoms with Crippen molar-refractivity contribution < 1.29 is 14.3 Å². The molecule has 1 unspecified atom stereocenters. The number of amides is 1. The molecular formula is C28H24ClN3O4. The molecule has 36 heavy (non-hydrogen) atoms. The Hall–Kier alpha value is -4.10. The number of hydrazone groups is 1. The summed E-state index contributed by atoms with van der Waals surface area (Å²) in [6, 6.07) is 20.1. The van der Waals surface area contributed by atoms with Crippen LogP contribution in [0.15, 0.2) is 76.6 Å². The van der Waals surface area contributed by atoms with Gasteiger partial charge in [-0.1, -0.05) is 48.0 Å². The Bertz CT molecular complexity index is 1560. The van der Waals surface area contributed by atoms with Crippen molar-refractivity contribution >= 4 is 34.1 Å². The van der Waals surface area contributed by atoms with Gasteiger partial charge in [0.05, 0.1) is 31.5 Å². The van der Waals surface area contributed by atoms with Crippen molar-refractivity contribution in [3.63, 3.8) is 0 Å². The van der Waals surface area contributed by atoms with Crippen molar-refractivity contribution in [2.24, 2.45) is 5.10 Å². The zero-order valence-corrected chi connectivity index (χ0v) is 20.8. The van der Waals surface area contributed by atoms with Crippen LogP contribution in [-0.2, 0) is 4.79 Å². The first-order valence-electron chi connectivity index (χ1n) is 11.4. The lowest BCUT2D eigenvalue weighted by molar-refractivity contribution is -0.130. The number of nitrogens with one attached hydrogen (secondary N) is 1. The molecule has 1 aliphatic heterocycles. The summed E-state index contributed by atoms with van der Waals surface area (Å²) in [7, 11) is 3.13. The van der Waals surface area contributed by atoms with Gasteiger partial charge in [0.2, 0.25) is 5.91 Å². The molecule has 0 fully saturated rings. The average Bonchev–Trinajstić information content (AvgIpc) is 3.33. The van der Waals surface area contributed by atoms with Crippen LogP contribution in [0.1, 0.15) is 30.5 Å². The van der Waals surface area contributed by atoms with E-state index in [-0.39, 0.29) is 11.5 Å². The Labute approximate surface area is 212 Å². The molecule has 4 aromatic rings. The largest absolute Gasteiger partial charge is 0.493 e. The van der Waals surface area contributed by atoms with Crippen LogP contribution in [0.2, 0.25) is 5.02 Å². The lowest BCUT2D eigenvalue weighted by atomic mass is 9.91. The van der Waals surface area contributed by atoms with Gasteiger partial charge in [-0.05, 0) is 41.5 Å². The van der Waals surface area contributed by atoms with Crippen LogP contribution in [0.3, 0.4) is 0 Å². The van der Waals surface area contributed by atoms with Gasteiger partial charge >= 0.3 is 0 Å². The fourth-order valence-corrected chi connectivity index (χ4v) is 4.89. The first kappa shape index (κ1) is 23.6. The predicted molar refractivity (Wildman–Crippen MR) is 141 cm³/mol. The zero-order valence-electron chi connectivity index (χ0n) is 20.0. The van der Waals surface area contributed by atoms with Crippen molar-refractivity contribution in [2.45, 2.75) is 19.4 Å². The summed E-state index contributed by atoms with van der Waals surface area (Å²) in [5, 5.41) is 7.44. The van der Waals surface area contributed by atoms with E-state index in [1.54, 1.807) is 32.4 Å². The Morgan fingerprint density at radius 1 is 1.00 bits per heavy atom. The van der Waals surface area contributed by atoms with E-state index in [4.69, 9.17) is 21.1 Å². The molecule has 1 N–H and O–H groups in total. The number of ether oxygens (including phenoxy) is 2. The minimum absolute atomic E-state index is 0.230. The molecule has 8 heteroatoms. The number of nitrogens with zero attached hydrogens (tertiary/aromatic N) is 2. The molecule has 0 aliphatic carbocycles. The first-order valence-corrected chi connectivity index (χ1v) is 11.8. The fourth-order valence-electron chi connectivity index (χ4n) is 4.72. The number of carbonyl (C=O) groups excluding carboxylic acids is 1. The Kier molecular flexibility index (Phi) is 6.24. The lowest BCUT2D eigenvalue weighted by Crippen LogP contribution is -2.24. The number of benzene rings is 3. The van der Waals surface area contributed by atoms with Gasteiger partial charge in [0.25, 0.3) is 5.56 Å². The number of fused-ring (bicyclic) bond motifs is 1. The number of H-pyrrole nitrogens is 1. The second-order valence-corrected chi connectivity index (χ2v) is 8.94. The summed E-state index contributed by atoms with van der Waals surface area (Å²) in [5.41, 5.74) is 3.74. The Morgan fingerprint density at radius 3 is 2.44 bits per heavy atom. The maximum Gasteiger partial charge on any atom is 0.258 e. The summed E-state index contributed by atoms with van der Waals surface area (Å²) in [6.45, 7) is 1.46. The molecule has 0 radical (unpaired) electrons. The van der Waals surface area contributed by atoms with Gasteiger partial charge in [-0.2, -0.15) is 5.10 Å². The monoisotopic (exact) mass is 501 g/mol. The minimum atomic E-state index is -0.407. The van der Waals surface area contributed by atoms with E-state index in [9.17, 15) is 9.59 Å². The minimum Gasteiger partial charge on any atom is -0.493 e. The highest BCUT2D eigenvalue weighted by Gasteiger charge is 2.34. The normalized spacial score (nSPS) is 15.2. The molecule has 0 saturated carbocycles. The van der Waals surface area contributed by atoms with E-state index in [1.807, 2.05) is 48.5 Å². The number of carbonyl (C=O) groups is 1. The topological polar surface area (TPSA) is 84.0 Å². The molecule has 0 spiro atoms. The van der Waals surface area contributed by atoms with Crippen LogP contribution in [0.4, 0.5) is 0 Å². The lowest BCUT2D eigenvalue weighted by Gasteiger charge is -2.21. The third kappa shape index (κ3) is 4.12. The second kappa shape index (κ2) is 9.51. The third-order valence-corrected chi connectivity index (χ3v) is 6.59. The average molecular weight is 502 g/mol. The second-order valence-electron chi connectivity index (χ2n) is 8.50. The highest BCUT2D eigenvalue weighted by atomic mass is 35.5. The molecule has 0 saturated heterocycles. The summed E-state index contributed by atoms with van der Waals surface area (Å²) >= 11 is 6.35. The van der Waals surface area contributed by atoms with Crippen LogP contribution >= 0.6 is 11.6 Å². The molecule has 0 bridgehead atoms. The molecule has 1 aromatic heterocycles. The van der Waals surface area contributed by atoms with E-state index in [0.717, 1.165) is 22.1 Å². The number of methoxy groups -OCH3 is 2. The van der Waals surface area contributed by atoms with Crippen LogP contribution in [0.25, 0.3) is 22.0 Å². The predicted octanol–water partition coefficient (Wildman–Crippen LogP) is 5.56. The van der Waals surface area contributed by atoms with E-state index < -0.39 is 6.04 Å². The maximum atomic E-state index is 13.5.